The number of carbonyl (C=O) groups is 2. The van der Waals surface area contributed by atoms with Crippen LogP contribution in [0.15, 0.2) is 48.5 Å². The van der Waals surface area contributed by atoms with Crippen molar-refractivity contribution in [3.63, 3.8) is 0 Å². The van der Waals surface area contributed by atoms with Crippen LogP contribution in [-0.2, 0) is 11.3 Å². The minimum Gasteiger partial charge on any atom is -0.457 e. The third-order valence-corrected chi connectivity index (χ3v) is 4.21. The third kappa shape index (κ3) is 3.98. The molecule has 0 unspecified atom stereocenters. The van der Waals surface area contributed by atoms with Crippen LogP contribution in [0.5, 0.6) is 0 Å². The predicted octanol–water partition coefficient (Wildman–Crippen LogP) is 3.43. The van der Waals surface area contributed by atoms with Crippen molar-refractivity contribution in [2.75, 3.05) is 0 Å². The Kier molecular flexibility index (Phi) is 5.23. The van der Waals surface area contributed by atoms with E-state index in [0.29, 0.717) is 22.5 Å². The summed E-state index contributed by atoms with van der Waals surface area (Å²) in [4.78, 5) is 23.7. The highest BCUT2D eigenvalue weighted by Gasteiger charge is 2.22. The van der Waals surface area contributed by atoms with Gasteiger partial charge in [-0.1, -0.05) is 23.7 Å². The second-order valence-electron chi connectivity index (χ2n) is 5.78. The van der Waals surface area contributed by atoms with Gasteiger partial charge in [0.05, 0.1) is 11.4 Å². The van der Waals surface area contributed by atoms with E-state index in [1.807, 2.05) is 0 Å². The second kappa shape index (κ2) is 7.59. The fourth-order valence-corrected chi connectivity index (χ4v) is 2.87. The summed E-state index contributed by atoms with van der Waals surface area (Å²) in [5, 5.41) is 4.29. The number of rotatable bonds is 5. The summed E-state index contributed by atoms with van der Waals surface area (Å²) in [6.07, 6.45) is 0. The molecule has 138 valence electrons. The van der Waals surface area contributed by atoms with Gasteiger partial charge in [0.15, 0.2) is 0 Å². The largest absolute Gasteiger partial charge is 0.457 e. The molecule has 3 aromatic rings. The molecule has 6 nitrogen and oxygen atoms in total. The first kappa shape index (κ1) is 18.6. The lowest BCUT2D eigenvalue weighted by Crippen LogP contribution is -2.12. The first-order chi connectivity index (χ1) is 12.9. The Labute approximate surface area is 159 Å². The molecule has 0 bridgehead atoms. The molecule has 1 amide bonds. The van der Waals surface area contributed by atoms with E-state index in [9.17, 15) is 14.0 Å². The van der Waals surface area contributed by atoms with Crippen molar-refractivity contribution in [1.29, 1.82) is 0 Å². The Balaban J connectivity index is 1.80. The lowest BCUT2D eigenvalue weighted by atomic mass is 10.1. The van der Waals surface area contributed by atoms with Crippen LogP contribution < -0.4 is 5.73 Å². The molecule has 1 heterocycles. The Morgan fingerprint density at radius 2 is 1.93 bits per heavy atom. The molecule has 0 aliphatic carbocycles. The van der Waals surface area contributed by atoms with Crippen molar-refractivity contribution in [2.24, 2.45) is 5.73 Å². The van der Waals surface area contributed by atoms with Gasteiger partial charge in [0, 0.05) is 5.56 Å². The van der Waals surface area contributed by atoms with Crippen LogP contribution >= 0.6 is 11.6 Å². The summed E-state index contributed by atoms with van der Waals surface area (Å²) in [5.41, 5.74) is 7.17. The average molecular weight is 388 g/mol. The number of esters is 1. The van der Waals surface area contributed by atoms with Gasteiger partial charge in [-0.05, 0) is 48.9 Å². The maximum absolute atomic E-state index is 13.1. The van der Waals surface area contributed by atoms with Gasteiger partial charge >= 0.3 is 5.97 Å². The molecule has 0 atom stereocenters. The highest BCUT2D eigenvalue weighted by atomic mass is 35.5. The summed E-state index contributed by atoms with van der Waals surface area (Å²) >= 11 is 6.29. The molecule has 0 aliphatic rings. The fraction of sp³-hybridized carbons (Fsp3) is 0.105. The fourth-order valence-electron chi connectivity index (χ4n) is 2.52. The van der Waals surface area contributed by atoms with Gasteiger partial charge in [0.25, 0.3) is 0 Å². The normalized spacial score (nSPS) is 10.6. The average Bonchev–Trinajstić information content (AvgIpc) is 2.95. The number of nitrogens with zero attached hydrogens (tertiary/aromatic N) is 2. The molecule has 2 aromatic carbocycles. The van der Waals surface area contributed by atoms with Crippen molar-refractivity contribution < 1.29 is 18.7 Å². The Morgan fingerprint density at radius 1 is 1.22 bits per heavy atom. The summed E-state index contributed by atoms with van der Waals surface area (Å²) in [5.74, 6) is -1.62. The summed E-state index contributed by atoms with van der Waals surface area (Å²) in [6, 6.07) is 12.0. The molecule has 0 saturated carbocycles. The van der Waals surface area contributed by atoms with Crippen molar-refractivity contribution in [2.45, 2.75) is 13.5 Å². The van der Waals surface area contributed by atoms with Crippen LogP contribution in [0.1, 0.15) is 32.0 Å². The Bertz CT molecular complexity index is 1020. The molecule has 0 radical (unpaired) electrons. The molecule has 0 saturated heterocycles. The number of aryl methyl sites for hydroxylation is 1. The molecule has 2 N–H and O–H groups in total. The van der Waals surface area contributed by atoms with Crippen molar-refractivity contribution in [1.82, 2.24) is 9.78 Å². The van der Waals surface area contributed by atoms with E-state index in [-0.39, 0.29) is 17.3 Å². The van der Waals surface area contributed by atoms with E-state index in [1.165, 1.54) is 28.9 Å². The summed E-state index contributed by atoms with van der Waals surface area (Å²) in [7, 11) is 0. The maximum atomic E-state index is 13.1. The van der Waals surface area contributed by atoms with Gasteiger partial charge in [-0.15, -0.1) is 0 Å². The summed E-state index contributed by atoms with van der Waals surface area (Å²) in [6.45, 7) is 1.56. The molecule has 8 heteroatoms. The highest BCUT2D eigenvalue weighted by molar-refractivity contribution is 6.33. The number of hydrogen-bond acceptors (Lipinski definition) is 4. The number of ether oxygens (including phenoxy) is 1. The number of carbonyl (C=O) groups excluding carboxylic acids is 2. The minimum absolute atomic E-state index is 0.0581. The smallest absolute Gasteiger partial charge is 0.343 e. The topological polar surface area (TPSA) is 87.2 Å². The second-order valence-corrected chi connectivity index (χ2v) is 6.14. The number of hydrogen-bond donors (Lipinski definition) is 1. The Morgan fingerprint density at radius 3 is 2.59 bits per heavy atom. The zero-order valence-electron chi connectivity index (χ0n) is 14.3. The van der Waals surface area contributed by atoms with Crippen LogP contribution in [-0.4, -0.2) is 21.7 Å². The van der Waals surface area contributed by atoms with Crippen molar-refractivity contribution in [3.05, 3.63) is 81.9 Å². The lowest BCUT2D eigenvalue weighted by molar-refractivity contribution is 0.0472. The van der Waals surface area contributed by atoms with Crippen LogP contribution in [0.25, 0.3) is 5.69 Å². The number of nitrogens with two attached hydrogens (primary N) is 1. The molecule has 3 rings (SSSR count). The quantitative estimate of drug-likeness (QED) is 0.679. The number of amides is 1. The van der Waals surface area contributed by atoms with Gasteiger partial charge in [0.2, 0.25) is 5.91 Å². The van der Waals surface area contributed by atoms with Crippen LogP contribution in [0.2, 0.25) is 5.15 Å². The first-order valence-corrected chi connectivity index (χ1v) is 8.31. The molecular formula is C19H15ClFN3O3. The Hall–Kier alpha value is -3.19. The van der Waals surface area contributed by atoms with E-state index in [1.54, 1.807) is 31.2 Å². The molecular weight excluding hydrogens is 373 g/mol. The van der Waals surface area contributed by atoms with E-state index >= 15 is 0 Å². The third-order valence-electron chi connectivity index (χ3n) is 3.86. The molecule has 27 heavy (non-hydrogen) atoms. The predicted molar refractivity (Wildman–Crippen MR) is 97.3 cm³/mol. The van der Waals surface area contributed by atoms with Crippen LogP contribution in [0.3, 0.4) is 0 Å². The van der Waals surface area contributed by atoms with E-state index in [2.05, 4.69) is 5.10 Å². The highest BCUT2D eigenvalue weighted by Crippen LogP contribution is 2.25. The molecule has 0 aliphatic heterocycles. The van der Waals surface area contributed by atoms with E-state index in [4.69, 9.17) is 22.1 Å². The lowest BCUT2D eigenvalue weighted by Gasteiger charge is -2.06. The van der Waals surface area contributed by atoms with Crippen molar-refractivity contribution in [3.8, 4) is 5.69 Å². The SMILES string of the molecule is Cc1nn(-c2ccc(F)cc2)c(Cl)c1C(=O)OCc1cccc(C(N)=O)c1. The monoisotopic (exact) mass is 387 g/mol. The first-order valence-electron chi connectivity index (χ1n) is 7.93. The number of primary amides is 1. The van der Waals surface area contributed by atoms with Crippen LogP contribution in [0, 0.1) is 12.7 Å². The standard InChI is InChI=1S/C19H15ClFN3O3/c1-11-16(17(20)24(23-11)15-7-5-14(21)6-8-15)19(26)27-10-12-3-2-4-13(9-12)18(22)25/h2-9H,10H2,1H3,(H2,22,25). The number of benzene rings is 2. The van der Waals surface area contributed by atoms with Gasteiger partial charge in [-0.2, -0.15) is 5.10 Å². The van der Waals surface area contributed by atoms with Gasteiger partial charge in [-0.25, -0.2) is 13.9 Å². The number of aromatic nitrogens is 2. The summed E-state index contributed by atoms with van der Waals surface area (Å²) < 4.78 is 19.7. The molecule has 0 spiro atoms. The van der Waals surface area contributed by atoms with Crippen molar-refractivity contribution >= 4 is 23.5 Å². The van der Waals surface area contributed by atoms with Gasteiger partial charge in [-0.3, -0.25) is 4.79 Å². The zero-order chi connectivity index (χ0) is 19.6. The maximum Gasteiger partial charge on any atom is 0.343 e. The number of halogens is 2. The minimum atomic E-state index is -0.657. The zero-order valence-corrected chi connectivity index (χ0v) is 15.0. The van der Waals surface area contributed by atoms with Crippen LogP contribution in [0.4, 0.5) is 4.39 Å². The van der Waals surface area contributed by atoms with E-state index < -0.39 is 17.7 Å². The van der Waals surface area contributed by atoms with Gasteiger partial charge in [0.1, 0.15) is 23.1 Å². The molecule has 1 aromatic heterocycles. The van der Waals surface area contributed by atoms with E-state index in [0.717, 1.165) is 0 Å². The van der Waals surface area contributed by atoms with Gasteiger partial charge < -0.3 is 10.5 Å². The molecule has 0 fully saturated rings.